The zero-order chi connectivity index (χ0) is 14.6. The summed E-state index contributed by atoms with van der Waals surface area (Å²) in [6.45, 7) is 6.33. The Kier molecular flexibility index (Phi) is 4.98. The summed E-state index contributed by atoms with van der Waals surface area (Å²) in [5.74, 6) is 0. The molecule has 0 aliphatic heterocycles. The molecule has 0 N–H and O–H groups in total. The van der Waals surface area contributed by atoms with Gasteiger partial charge < -0.3 is 9.05 Å². The van der Waals surface area contributed by atoms with Gasteiger partial charge in [-0.1, -0.05) is 42.5 Å². The highest BCUT2D eigenvalue weighted by atomic mass is 31.2. The van der Waals surface area contributed by atoms with E-state index in [0.29, 0.717) is 13.2 Å². The van der Waals surface area contributed by atoms with Crippen molar-refractivity contribution in [2.45, 2.75) is 26.4 Å². The van der Waals surface area contributed by atoms with E-state index in [2.05, 4.69) is 18.2 Å². The molecule has 4 heteroatoms. The first-order valence-electron chi connectivity index (χ1n) is 6.98. The van der Waals surface area contributed by atoms with Gasteiger partial charge >= 0.3 is 7.60 Å². The average Bonchev–Trinajstić information content (AvgIpc) is 2.46. The van der Waals surface area contributed by atoms with Gasteiger partial charge in [0.05, 0.1) is 18.9 Å². The van der Waals surface area contributed by atoms with Crippen molar-refractivity contribution in [2.24, 2.45) is 0 Å². The molecule has 3 nitrogen and oxygen atoms in total. The van der Waals surface area contributed by atoms with Crippen molar-refractivity contribution >= 4 is 18.4 Å². The van der Waals surface area contributed by atoms with Crippen LogP contribution >= 0.6 is 7.60 Å². The van der Waals surface area contributed by atoms with E-state index >= 15 is 0 Å². The maximum Gasteiger partial charge on any atom is 0.337 e. The SMILES string of the molecule is CCOP(=O)(OCC)[C@@H](C)c1ccc2ccccc2c1. The zero-order valence-corrected chi connectivity index (χ0v) is 13.1. The summed E-state index contributed by atoms with van der Waals surface area (Å²) in [5, 5.41) is 2.31. The van der Waals surface area contributed by atoms with E-state index in [-0.39, 0.29) is 5.66 Å². The van der Waals surface area contributed by atoms with Crippen LogP contribution in [-0.4, -0.2) is 13.2 Å². The van der Waals surface area contributed by atoms with Crippen LogP contribution in [0.4, 0.5) is 0 Å². The predicted octanol–water partition coefficient (Wildman–Crippen LogP) is 5.17. The normalized spacial score (nSPS) is 13.6. The topological polar surface area (TPSA) is 35.5 Å². The fourth-order valence-electron chi connectivity index (χ4n) is 2.27. The van der Waals surface area contributed by atoms with E-state index in [1.807, 2.05) is 45.0 Å². The van der Waals surface area contributed by atoms with E-state index in [9.17, 15) is 4.57 Å². The molecule has 0 amide bonds. The first-order chi connectivity index (χ1) is 9.60. The minimum absolute atomic E-state index is 0.271. The lowest BCUT2D eigenvalue weighted by atomic mass is 10.1. The lowest BCUT2D eigenvalue weighted by Gasteiger charge is -2.23. The van der Waals surface area contributed by atoms with Gasteiger partial charge in [0, 0.05) is 0 Å². The van der Waals surface area contributed by atoms with E-state index in [0.717, 1.165) is 10.9 Å². The maximum absolute atomic E-state index is 12.8. The molecular weight excluding hydrogens is 271 g/mol. The van der Waals surface area contributed by atoms with Gasteiger partial charge in [0.1, 0.15) is 0 Å². The van der Waals surface area contributed by atoms with Crippen molar-refractivity contribution in [3.63, 3.8) is 0 Å². The number of rotatable bonds is 6. The molecule has 108 valence electrons. The molecule has 2 aromatic carbocycles. The molecule has 0 aliphatic carbocycles. The highest BCUT2D eigenvalue weighted by Crippen LogP contribution is 2.60. The Balaban J connectivity index is 2.38. The molecule has 0 saturated heterocycles. The Hall–Kier alpha value is -1.15. The van der Waals surface area contributed by atoms with E-state index in [1.54, 1.807) is 0 Å². The smallest absolute Gasteiger partial charge is 0.308 e. The maximum atomic E-state index is 12.8. The van der Waals surface area contributed by atoms with Crippen molar-refractivity contribution in [2.75, 3.05) is 13.2 Å². The van der Waals surface area contributed by atoms with Gasteiger partial charge in [-0.05, 0) is 37.1 Å². The van der Waals surface area contributed by atoms with Crippen LogP contribution in [0.5, 0.6) is 0 Å². The van der Waals surface area contributed by atoms with Crippen molar-refractivity contribution in [3.05, 3.63) is 48.0 Å². The highest BCUT2D eigenvalue weighted by Gasteiger charge is 2.33. The molecule has 0 fully saturated rings. The Bertz CT molecular complexity index is 614. The van der Waals surface area contributed by atoms with Crippen molar-refractivity contribution in [1.29, 1.82) is 0 Å². The summed E-state index contributed by atoms with van der Waals surface area (Å²) in [6.07, 6.45) is 0. The van der Waals surface area contributed by atoms with Crippen LogP contribution in [0.3, 0.4) is 0 Å². The minimum atomic E-state index is -3.11. The van der Waals surface area contributed by atoms with Crippen LogP contribution in [0.25, 0.3) is 10.8 Å². The Morgan fingerprint density at radius 1 is 1.00 bits per heavy atom. The summed E-state index contributed by atoms with van der Waals surface area (Å²) in [4.78, 5) is 0. The number of benzene rings is 2. The second kappa shape index (κ2) is 6.53. The summed E-state index contributed by atoms with van der Waals surface area (Å²) in [7, 11) is -3.11. The van der Waals surface area contributed by atoms with Crippen LogP contribution in [0.2, 0.25) is 0 Å². The number of hydrogen-bond acceptors (Lipinski definition) is 3. The summed E-state index contributed by atoms with van der Waals surface area (Å²) >= 11 is 0. The molecule has 0 saturated carbocycles. The standard InChI is InChI=1S/C16H21O3P/c1-4-18-20(17,19-5-2)13(3)15-11-10-14-8-6-7-9-16(14)12-15/h6-13H,4-5H2,1-3H3/t13-/m0/s1. The molecule has 2 aromatic rings. The zero-order valence-electron chi connectivity index (χ0n) is 12.2. The Morgan fingerprint density at radius 3 is 2.20 bits per heavy atom. The first-order valence-corrected chi connectivity index (χ1v) is 8.59. The molecule has 1 atom stereocenters. The second-order valence-electron chi connectivity index (χ2n) is 4.66. The largest absolute Gasteiger partial charge is 0.337 e. The molecule has 0 aliphatic rings. The van der Waals surface area contributed by atoms with Gasteiger partial charge in [-0.25, -0.2) is 0 Å². The van der Waals surface area contributed by atoms with Crippen molar-refractivity contribution in [1.82, 2.24) is 0 Å². The molecule has 0 unspecified atom stereocenters. The quantitative estimate of drug-likeness (QED) is 0.689. The molecule has 0 spiro atoms. The molecule has 0 radical (unpaired) electrons. The molecule has 0 aromatic heterocycles. The van der Waals surface area contributed by atoms with E-state index in [1.165, 1.54) is 5.39 Å². The van der Waals surface area contributed by atoms with Crippen LogP contribution in [0.15, 0.2) is 42.5 Å². The summed E-state index contributed by atoms with van der Waals surface area (Å²) < 4.78 is 23.7. The molecule has 0 heterocycles. The fraction of sp³-hybridized carbons (Fsp3) is 0.375. The minimum Gasteiger partial charge on any atom is -0.308 e. The summed E-state index contributed by atoms with van der Waals surface area (Å²) in [5.41, 5.74) is 0.709. The Labute approximate surface area is 120 Å². The monoisotopic (exact) mass is 292 g/mol. The van der Waals surface area contributed by atoms with Gasteiger partial charge in [-0.15, -0.1) is 0 Å². The van der Waals surface area contributed by atoms with E-state index < -0.39 is 7.60 Å². The van der Waals surface area contributed by atoms with Gasteiger partial charge in [-0.2, -0.15) is 0 Å². The van der Waals surface area contributed by atoms with Crippen molar-refractivity contribution < 1.29 is 13.6 Å². The van der Waals surface area contributed by atoms with E-state index in [4.69, 9.17) is 9.05 Å². The third kappa shape index (κ3) is 3.12. The van der Waals surface area contributed by atoms with Crippen LogP contribution < -0.4 is 0 Å². The predicted molar refractivity (Wildman–Crippen MR) is 83.2 cm³/mol. The molecule has 20 heavy (non-hydrogen) atoms. The molecule has 2 rings (SSSR count). The van der Waals surface area contributed by atoms with Gasteiger partial charge in [0.15, 0.2) is 0 Å². The molecular formula is C16H21O3P. The average molecular weight is 292 g/mol. The number of hydrogen-bond donors (Lipinski definition) is 0. The third-order valence-corrected chi connectivity index (χ3v) is 5.83. The van der Waals surface area contributed by atoms with Crippen LogP contribution in [0.1, 0.15) is 32.0 Å². The van der Waals surface area contributed by atoms with Gasteiger partial charge in [0.25, 0.3) is 0 Å². The molecule has 0 bridgehead atoms. The lowest BCUT2D eigenvalue weighted by Crippen LogP contribution is -2.03. The second-order valence-corrected chi connectivity index (χ2v) is 7.03. The first kappa shape index (κ1) is 15.2. The number of fused-ring (bicyclic) bond motifs is 1. The fourth-order valence-corrected chi connectivity index (χ4v) is 4.04. The van der Waals surface area contributed by atoms with Crippen molar-refractivity contribution in [3.8, 4) is 0 Å². The lowest BCUT2D eigenvalue weighted by molar-refractivity contribution is 0.213. The van der Waals surface area contributed by atoms with Gasteiger partial charge in [-0.3, -0.25) is 4.57 Å². The van der Waals surface area contributed by atoms with Crippen LogP contribution in [0, 0.1) is 0 Å². The summed E-state index contributed by atoms with van der Waals surface area (Å²) in [6, 6.07) is 14.2. The van der Waals surface area contributed by atoms with Crippen LogP contribution in [-0.2, 0) is 13.6 Å². The Morgan fingerprint density at radius 2 is 1.60 bits per heavy atom. The third-order valence-electron chi connectivity index (χ3n) is 3.35. The van der Waals surface area contributed by atoms with Gasteiger partial charge in [0.2, 0.25) is 0 Å². The highest BCUT2D eigenvalue weighted by molar-refractivity contribution is 7.54.